The molecule has 3 rings (SSSR count). The van der Waals surface area contributed by atoms with Gasteiger partial charge in [0.1, 0.15) is 17.3 Å². The predicted octanol–water partition coefficient (Wildman–Crippen LogP) is 3.08. The van der Waals surface area contributed by atoms with Crippen LogP contribution in [0.2, 0.25) is 0 Å². The van der Waals surface area contributed by atoms with Gasteiger partial charge in [-0.15, -0.1) is 5.10 Å². The van der Waals surface area contributed by atoms with Gasteiger partial charge in [-0.25, -0.2) is 9.07 Å². The average molecular weight is 269 g/mol. The van der Waals surface area contributed by atoms with Crippen LogP contribution in [0.3, 0.4) is 0 Å². The number of ether oxygens (including phenoxy) is 1. The summed E-state index contributed by atoms with van der Waals surface area (Å²) in [5, 5.41) is 8.11. The molecule has 100 valence electrons. The zero-order valence-corrected chi connectivity index (χ0v) is 10.8. The lowest BCUT2D eigenvalue weighted by Crippen LogP contribution is -1.94. The van der Waals surface area contributed by atoms with Gasteiger partial charge >= 0.3 is 0 Å². The fourth-order valence-corrected chi connectivity index (χ4v) is 1.91. The summed E-state index contributed by atoms with van der Waals surface area (Å²) in [5.41, 5.74) is 2.19. The summed E-state index contributed by atoms with van der Waals surface area (Å²) in [5.74, 6) is 0.487. The molecule has 0 radical (unpaired) electrons. The molecule has 0 aliphatic carbocycles. The van der Waals surface area contributed by atoms with Gasteiger partial charge in [0, 0.05) is 5.56 Å². The topological polar surface area (TPSA) is 39.9 Å². The Balaban J connectivity index is 1.93. The van der Waals surface area contributed by atoms with Gasteiger partial charge in [0.25, 0.3) is 0 Å². The molecule has 0 saturated heterocycles. The van der Waals surface area contributed by atoms with Crippen molar-refractivity contribution < 1.29 is 9.13 Å². The number of hydrogen-bond acceptors (Lipinski definition) is 3. The summed E-state index contributed by atoms with van der Waals surface area (Å²) in [4.78, 5) is 0. The summed E-state index contributed by atoms with van der Waals surface area (Å²) in [7, 11) is 1.62. The van der Waals surface area contributed by atoms with E-state index in [2.05, 4.69) is 10.3 Å². The van der Waals surface area contributed by atoms with Gasteiger partial charge in [0.2, 0.25) is 0 Å². The summed E-state index contributed by atoms with van der Waals surface area (Å²) >= 11 is 0. The summed E-state index contributed by atoms with van der Waals surface area (Å²) < 4.78 is 19.9. The Labute approximate surface area is 115 Å². The van der Waals surface area contributed by atoms with Crippen LogP contribution in [-0.4, -0.2) is 22.1 Å². The van der Waals surface area contributed by atoms with Crippen LogP contribution >= 0.6 is 0 Å². The largest absolute Gasteiger partial charge is 0.497 e. The zero-order chi connectivity index (χ0) is 13.9. The maximum absolute atomic E-state index is 13.2. The van der Waals surface area contributed by atoms with Crippen molar-refractivity contribution in [2.24, 2.45) is 0 Å². The number of nitrogens with zero attached hydrogens (tertiary/aromatic N) is 3. The highest BCUT2D eigenvalue weighted by atomic mass is 19.1. The third-order valence-electron chi connectivity index (χ3n) is 2.95. The molecule has 0 unspecified atom stereocenters. The van der Waals surface area contributed by atoms with Crippen molar-refractivity contribution in [3.05, 3.63) is 60.5 Å². The van der Waals surface area contributed by atoms with Crippen molar-refractivity contribution in [3.8, 4) is 22.7 Å². The van der Waals surface area contributed by atoms with E-state index >= 15 is 0 Å². The Kier molecular flexibility index (Phi) is 3.16. The molecule has 0 N–H and O–H groups in total. The van der Waals surface area contributed by atoms with E-state index in [0.29, 0.717) is 11.3 Å². The van der Waals surface area contributed by atoms with Gasteiger partial charge in [-0.05, 0) is 36.4 Å². The first-order valence-electron chi connectivity index (χ1n) is 6.09. The SMILES string of the molecule is COc1ccc(-n2cc(-c3cccc(F)c3)nn2)cc1. The molecule has 0 amide bonds. The molecule has 4 nitrogen and oxygen atoms in total. The van der Waals surface area contributed by atoms with E-state index in [1.807, 2.05) is 24.3 Å². The summed E-state index contributed by atoms with van der Waals surface area (Å²) in [6.07, 6.45) is 1.76. The molecule has 0 bridgehead atoms. The molecule has 20 heavy (non-hydrogen) atoms. The minimum atomic E-state index is -0.290. The number of methoxy groups -OCH3 is 1. The third-order valence-corrected chi connectivity index (χ3v) is 2.95. The van der Waals surface area contributed by atoms with E-state index in [4.69, 9.17) is 4.74 Å². The lowest BCUT2D eigenvalue weighted by molar-refractivity contribution is 0.414. The van der Waals surface area contributed by atoms with Crippen LogP contribution in [0, 0.1) is 5.82 Å². The Hall–Kier alpha value is -2.69. The van der Waals surface area contributed by atoms with Gasteiger partial charge < -0.3 is 4.74 Å². The fraction of sp³-hybridized carbons (Fsp3) is 0.0667. The number of aromatic nitrogens is 3. The first kappa shape index (κ1) is 12.3. The van der Waals surface area contributed by atoms with Crippen molar-refractivity contribution in [1.82, 2.24) is 15.0 Å². The van der Waals surface area contributed by atoms with E-state index in [1.54, 1.807) is 30.1 Å². The Bertz CT molecular complexity index is 722. The second kappa shape index (κ2) is 5.13. The highest BCUT2D eigenvalue weighted by Crippen LogP contribution is 2.19. The average Bonchev–Trinajstić information content (AvgIpc) is 2.97. The van der Waals surface area contributed by atoms with Crippen molar-refractivity contribution in [2.45, 2.75) is 0 Å². The monoisotopic (exact) mass is 269 g/mol. The minimum Gasteiger partial charge on any atom is -0.497 e. The number of benzene rings is 2. The zero-order valence-electron chi connectivity index (χ0n) is 10.8. The van der Waals surface area contributed by atoms with Gasteiger partial charge in [0.15, 0.2) is 0 Å². The highest BCUT2D eigenvalue weighted by Gasteiger charge is 2.06. The highest BCUT2D eigenvalue weighted by molar-refractivity contribution is 5.58. The van der Waals surface area contributed by atoms with Crippen LogP contribution in [0.15, 0.2) is 54.7 Å². The Morgan fingerprint density at radius 2 is 1.90 bits per heavy atom. The van der Waals surface area contributed by atoms with E-state index in [-0.39, 0.29) is 5.82 Å². The molecular formula is C15H12FN3O. The molecule has 2 aromatic carbocycles. The molecule has 0 aliphatic rings. The smallest absolute Gasteiger partial charge is 0.123 e. The van der Waals surface area contributed by atoms with Crippen LogP contribution in [0.5, 0.6) is 5.75 Å². The Morgan fingerprint density at radius 1 is 1.10 bits per heavy atom. The van der Waals surface area contributed by atoms with E-state index in [9.17, 15) is 4.39 Å². The van der Waals surface area contributed by atoms with E-state index in [1.165, 1.54) is 12.1 Å². The van der Waals surface area contributed by atoms with E-state index < -0.39 is 0 Å². The lowest BCUT2D eigenvalue weighted by Gasteiger charge is -2.02. The lowest BCUT2D eigenvalue weighted by atomic mass is 10.2. The van der Waals surface area contributed by atoms with Crippen molar-refractivity contribution >= 4 is 0 Å². The molecule has 0 aliphatic heterocycles. The normalized spacial score (nSPS) is 10.5. The number of rotatable bonds is 3. The van der Waals surface area contributed by atoms with Gasteiger partial charge in [-0.3, -0.25) is 0 Å². The maximum atomic E-state index is 13.2. The van der Waals surface area contributed by atoms with Crippen LogP contribution in [-0.2, 0) is 0 Å². The molecule has 0 fully saturated rings. The quantitative estimate of drug-likeness (QED) is 0.733. The maximum Gasteiger partial charge on any atom is 0.123 e. The molecule has 0 saturated carbocycles. The van der Waals surface area contributed by atoms with Crippen LogP contribution in [0.1, 0.15) is 0 Å². The first-order valence-corrected chi connectivity index (χ1v) is 6.09. The van der Waals surface area contributed by atoms with Crippen molar-refractivity contribution in [2.75, 3.05) is 7.11 Å². The van der Waals surface area contributed by atoms with Crippen LogP contribution in [0.25, 0.3) is 16.9 Å². The minimum absolute atomic E-state index is 0.290. The first-order chi connectivity index (χ1) is 9.76. The molecule has 1 aromatic heterocycles. The van der Waals surface area contributed by atoms with Gasteiger partial charge in [0.05, 0.1) is 19.0 Å². The molecular weight excluding hydrogens is 257 g/mol. The van der Waals surface area contributed by atoms with Crippen molar-refractivity contribution in [3.63, 3.8) is 0 Å². The van der Waals surface area contributed by atoms with Crippen LogP contribution in [0.4, 0.5) is 4.39 Å². The number of halogens is 1. The van der Waals surface area contributed by atoms with Crippen molar-refractivity contribution in [1.29, 1.82) is 0 Å². The standard InChI is InChI=1S/C15H12FN3O/c1-20-14-7-5-13(6-8-14)19-10-15(17-18-19)11-3-2-4-12(16)9-11/h2-10H,1H3. The predicted molar refractivity (Wildman–Crippen MR) is 73.3 cm³/mol. The molecule has 0 atom stereocenters. The molecule has 5 heteroatoms. The van der Waals surface area contributed by atoms with Gasteiger partial charge in [-0.1, -0.05) is 17.3 Å². The van der Waals surface area contributed by atoms with Gasteiger partial charge in [-0.2, -0.15) is 0 Å². The third kappa shape index (κ3) is 2.38. The second-order valence-electron chi connectivity index (χ2n) is 4.26. The number of hydrogen-bond donors (Lipinski definition) is 0. The van der Waals surface area contributed by atoms with E-state index in [0.717, 1.165) is 11.4 Å². The molecule has 0 spiro atoms. The molecule has 1 heterocycles. The fourth-order valence-electron chi connectivity index (χ4n) is 1.91. The Morgan fingerprint density at radius 3 is 2.60 bits per heavy atom. The summed E-state index contributed by atoms with van der Waals surface area (Å²) in [6.45, 7) is 0. The molecule has 3 aromatic rings. The summed E-state index contributed by atoms with van der Waals surface area (Å²) in [6, 6.07) is 13.7. The second-order valence-corrected chi connectivity index (χ2v) is 4.26. The van der Waals surface area contributed by atoms with Crippen LogP contribution < -0.4 is 4.74 Å².